The van der Waals surface area contributed by atoms with E-state index in [1.54, 1.807) is 30.3 Å². The van der Waals surface area contributed by atoms with Gasteiger partial charge in [0.1, 0.15) is 30.0 Å². The lowest BCUT2D eigenvalue weighted by Crippen LogP contribution is -2.55. The second-order valence-corrected chi connectivity index (χ2v) is 14.2. The summed E-state index contributed by atoms with van der Waals surface area (Å²) in [6, 6.07) is 5.18. The van der Waals surface area contributed by atoms with Gasteiger partial charge in [-0.25, -0.2) is 5.84 Å². The molecule has 0 bridgehead atoms. The highest BCUT2D eigenvalue weighted by Crippen LogP contribution is 2.47. The number of carbonyl (C=O) groups is 6. The Morgan fingerprint density at radius 3 is 2.11 bits per heavy atom. The molecular weight excluding hydrogens is 619 g/mol. The van der Waals surface area contributed by atoms with E-state index >= 15 is 0 Å². The molecule has 2 aliphatic rings. The van der Waals surface area contributed by atoms with Crippen molar-refractivity contribution in [2.24, 2.45) is 11.6 Å². The average molecular weight is 665 g/mol. The van der Waals surface area contributed by atoms with Gasteiger partial charge in [-0.2, -0.15) is 0 Å². The number of benzene rings is 1. The van der Waals surface area contributed by atoms with Crippen molar-refractivity contribution in [3.63, 3.8) is 0 Å². The van der Waals surface area contributed by atoms with Gasteiger partial charge in [0.25, 0.3) is 5.91 Å². The van der Waals surface area contributed by atoms with Crippen LogP contribution in [0.15, 0.2) is 30.3 Å². The monoisotopic (exact) mass is 664 g/mol. The Morgan fingerprint density at radius 2 is 1.50 bits per heavy atom. The summed E-state index contributed by atoms with van der Waals surface area (Å²) in [5.41, 5.74) is 8.13. The molecule has 0 saturated carbocycles. The molecule has 3 rings (SSSR count). The Kier molecular flexibility index (Phi) is 13.2. The first-order valence-electron chi connectivity index (χ1n) is 15.3. The summed E-state index contributed by atoms with van der Waals surface area (Å²) in [4.78, 5) is 89.8. The van der Waals surface area contributed by atoms with Gasteiger partial charge >= 0.3 is 0 Å². The van der Waals surface area contributed by atoms with E-state index in [-0.39, 0.29) is 25.4 Å². The van der Waals surface area contributed by atoms with Crippen LogP contribution in [0.5, 0.6) is 0 Å². The zero-order valence-corrected chi connectivity index (χ0v) is 27.0. The fourth-order valence-electron chi connectivity index (χ4n) is 5.69. The van der Waals surface area contributed by atoms with Gasteiger partial charge in [-0.15, -0.1) is 0 Å². The molecule has 0 radical (unpaired) electrons. The van der Waals surface area contributed by atoms with Gasteiger partial charge in [-0.3, -0.25) is 38.8 Å². The highest BCUT2D eigenvalue weighted by molar-refractivity contribution is 7.58. The predicted molar refractivity (Wildman–Crippen MR) is 167 cm³/mol. The molecule has 2 unspecified atom stereocenters. The molecule has 17 heteroatoms. The molecule has 9 N–H and O–H groups in total. The van der Waals surface area contributed by atoms with Crippen LogP contribution in [0.4, 0.5) is 0 Å². The minimum absolute atomic E-state index is 0.0123. The number of carbonyl (C=O) groups excluding carboxylic acids is 6. The topological polar surface area (TPSA) is 246 Å². The Balaban J connectivity index is 1.62. The fraction of sp³-hybridized carbons (Fsp3) is 0.586. The molecule has 6 amide bonds. The van der Waals surface area contributed by atoms with E-state index in [0.29, 0.717) is 37.8 Å². The zero-order valence-electron chi connectivity index (χ0n) is 26.1. The van der Waals surface area contributed by atoms with Crippen LogP contribution < -0.4 is 33.0 Å². The summed E-state index contributed by atoms with van der Waals surface area (Å²) >= 11 is 0. The third-order valence-corrected chi connectivity index (χ3v) is 10.4. The average Bonchev–Trinajstić information content (AvgIpc) is 3.73. The van der Waals surface area contributed by atoms with Crippen LogP contribution in [0.2, 0.25) is 0 Å². The Morgan fingerprint density at radius 1 is 0.913 bits per heavy atom. The molecule has 46 heavy (non-hydrogen) atoms. The van der Waals surface area contributed by atoms with Gasteiger partial charge < -0.3 is 36.4 Å². The van der Waals surface area contributed by atoms with Gasteiger partial charge in [0.2, 0.25) is 36.9 Å². The summed E-state index contributed by atoms with van der Waals surface area (Å²) in [7, 11) is -4.21. The van der Waals surface area contributed by atoms with Gasteiger partial charge in [-0.1, -0.05) is 30.3 Å². The quantitative estimate of drug-likeness (QED) is 0.0513. The van der Waals surface area contributed by atoms with Crippen LogP contribution in [0.3, 0.4) is 0 Å². The smallest absolute Gasteiger partial charge is 0.256 e. The number of amides is 6. The van der Waals surface area contributed by atoms with Crippen molar-refractivity contribution in [1.82, 2.24) is 31.2 Å². The predicted octanol–water partition coefficient (Wildman–Crippen LogP) is -1.73. The Hall–Kier alpha value is -3.85. The van der Waals surface area contributed by atoms with Crippen molar-refractivity contribution in [1.29, 1.82) is 0 Å². The lowest BCUT2D eigenvalue weighted by molar-refractivity contribution is -0.141. The number of hydrogen-bond donors (Lipinski definition) is 7. The second kappa shape index (κ2) is 16.6. The molecule has 2 fully saturated rings. The summed E-state index contributed by atoms with van der Waals surface area (Å²) < 4.78 is 13.7. The summed E-state index contributed by atoms with van der Waals surface area (Å²) in [5.74, 6) is 0.606. The third-order valence-electron chi connectivity index (χ3n) is 8.26. The molecule has 2 saturated heterocycles. The number of hydrazine groups is 1. The maximum atomic E-state index is 13.7. The van der Waals surface area contributed by atoms with E-state index < -0.39 is 79.4 Å². The number of nitrogens with two attached hydrogens (primary N) is 2. The highest BCUT2D eigenvalue weighted by atomic mass is 31.2. The van der Waals surface area contributed by atoms with Gasteiger partial charge in [0, 0.05) is 32.1 Å². The van der Waals surface area contributed by atoms with Crippen LogP contribution in [0.25, 0.3) is 0 Å². The van der Waals surface area contributed by atoms with Crippen molar-refractivity contribution < 1.29 is 38.2 Å². The Labute approximate surface area is 267 Å². The molecule has 1 aromatic rings. The third kappa shape index (κ3) is 9.58. The molecular formula is C29H45N8O8P. The van der Waals surface area contributed by atoms with E-state index in [4.69, 9.17) is 11.6 Å². The van der Waals surface area contributed by atoms with E-state index in [9.17, 15) is 38.2 Å². The van der Waals surface area contributed by atoms with E-state index in [2.05, 4.69) is 16.0 Å². The van der Waals surface area contributed by atoms with Crippen LogP contribution >= 0.6 is 7.37 Å². The van der Waals surface area contributed by atoms with Crippen molar-refractivity contribution in [2.75, 3.05) is 25.8 Å². The number of nitrogens with zero attached hydrogens (tertiary/aromatic N) is 2. The molecule has 0 aliphatic carbocycles. The minimum atomic E-state index is -4.21. The lowest BCUT2D eigenvalue weighted by Gasteiger charge is -2.29. The zero-order chi connectivity index (χ0) is 34.0. The molecule has 2 heterocycles. The molecule has 254 valence electrons. The maximum absolute atomic E-state index is 13.7. The van der Waals surface area contributed by atoms with Gasteiger partial charge in [0.05, 0.1) is 6.54 Å². The van der Waals surface area contributed by atoms with Crippen molar-refractivity contribution in [3.05, 3.63) is 35.9 Å². The first-order valence-corrected chi connectivity index (χ1v) is 17.3. The molecule has 2 aliphatic heterocycles. The normalized spacial score (nSPS) is 21.0. The van der Waals surface area contributed by atoms with E-state index in [0.717, 1.165) is 0 Å². The first-order chi connectivity index (χ1) is 21.8. The lowest BCUT2D eigenvalue weighted by atomic mass is 10.1. The maximum Gasteiger partial charge on any atom is 0.256 e. The van der Waals surface area contributed by atoms with Crippen molar-refractivity contribution in [2.45, 2.75) is 82.3 Å². The number of likely N-dealkylation sites (tertiary alicyclic amines) is 2. The van der Waals surface area contributed by atoms with E-state index in [1.807, 2.05) is 5.43 Å². The van der Waals surface area contributed by atoms with Crippen molar-refractivity contribution >= 4 is 42.8 Å². The molecule has 1 aromatic carbocycles. The molecule has 0 aromatic heterocycles. The minimum Gasteiger partial charge on any atom is -0.345 e. The number of rotatable bonds is 14. The highest BCUT2D eigenvalue weighted by Gasteiger charge is 2.40. The van der Waals surface area contributed by atoms with Crippen LogP contribution in [-0.4, -0.2) is 106 Å². The van der Waals surface area contributed by atoms with Crippen LogP contribution in [0, 0.1) is 0 Å². The van der Waals surface area contributed by atoms with E-state index in [1.165, 1.54) is 23.6 Å². The number of nitrogens with one attached hydrogen (secondary N) is 4. The standard InChI is InChI=1S/C29H45N8O8P/c1-18(26(40)35-31)33-27(41)22-11-7-14-37(22)29(43)19(2)32-23(38)12-15-46(44,45)24(16-20-8-4-3-5-9-20)34-28(42)21-10-6-13-36(21)25(39)17-30/h3-5,8-9,18-19,21-22,24H,6-7,10-17,30-31H2,1-2H3,(H,32,38)(H,33,41)(H,34,42)(H,35,40)(H,44,45)/t18-,19-,21-,22-,24?/m0/s1. The Bertz CT molecular complexity index is 1330. The van der Waals surface area contributed by atoms with Gasteiger partial charge in [-0.05, 0) is 45.1 Å². The largest absolute Gasteiger partial charge is 0.345 e. The van der Waals surface area contributed by atoms with Gasteiger partial charge in [0.15, 0.2) is 0 Å². The second-order valence-electron chi connectivity index (χ2n) is 11.6. The SMILES string of the molecule is C[C@H](NC(=O)[C@@H]1CCCN1C(=O)[C@H](C)NC(=O)CCP(=O)(O)C(Cc1ccccc1)NC(=O)[C@@H]1CCCN1C(=O)CN)C(=O)NN. The van der Waals surface area contributed by atoms with Crippen LogP contribution in [-0.2, 0) is 39.8 Å². The molecule has 6 atom stereocenters. The fourth-order valence-corrected chi connectivity index (χ4v) is 7.35. The summed E-state index contributed by atoms with van der Waals surface area (Å²) in [5, 5.41) is 7.72. The summed E-state index contributed by atoms with van der Waals surface area (Å²) in [6.07, 6.45) is 1.01. The summed E-state index contributed by atoms with van der Waals surface area (Å²) in [6.45, 7) is 3.27. The van der Waals surface area contributed by atoms with Crippen LogP contribution in [0.1, 0.15) is 51.5 Å². The van der Waals surface area contributed by atoms with Crippen molar-refractivity contribution in [3.8, 4) is 0 Å². The number of hydrogen-bond acceptors (Lipinski definition) is 9. The first kappa shape index (κ1) is 36.6. The molecule has 16 nitrogen and oxygen atoms in total. The molecule has 0 spiro atoms.